The smallest absolute Gasteiger partial charge is 0.362 e. The van der Waals surface area contributed by atoms with Gasteiger partial charge in [0.05, 0.1) is 5.56 Å². The second-order valence-corrected chi connectivity index (χ2v) is 4.40. The first kappa shape index (κ1) is 13.4. The zero-order valence-corrected chi connectivity index (χ0v) is 10.4. The van der Waals surface area contributed by atoms with Gasteiger partial charge in [0.15, 0.2) is 5.78 Å². The summed E-state index contributed by atoms with van der Waals surface area (Å²) in [6, 6.07) is 5.93. The predicted molar refractivity (Wildman–Crippen MR) is 65.1 cm³/mol. The van der Waals surface area contributed by atoms with E-state index in [0.717, 1.165) is 17.8 Å². The summed E-state index contributed by atoms with van der Waals surface area (Å²) in [5.74, 6) is -0.282. The summed E-state index contributed by atoms with van der Waals surface area (Å²) in [4.78, 5) is 15.1. The molecule has 2 aromatic rings. The number of carbonyl (C=O) groups is 1. The van der Waals surface area contributed by atoms with Crippen LogP contribution in [0.25, 0.3) is 0 Å². The van der Waals surface area contributed by atoms with E-state index in [4.69, 9.17) is 0 Å². The van der Waals surface area contributed by atoms with Crippen LogP contribution in [0.4, 0.5) is 13.2 Å². The highest BCUT2D eigenvalue weighted by molar-refractivity contribution is 6.09. The lowest BCUT2D eigenvalue weighted by Gasteiger charge is -2.07. The molecule has 0 atom stereocenters. The van der Waals surface area contributed by atoms with Crippen LogP contribution in [0.15, 0.2) is 30.3 Å². The number of aromatic amines is 1. The molecule has 0 spiro atoms. The Morgan fingerprint density at radius 1 is 1.11 bits per heavy atom. The van der Waals surface area contributed by atoms with Crippen molar-refractivity contribution in [3.8, 4) is 0 Å². The number of aromatic nitrogens is 1. The van der Waals surface area contributed by atoms with Crippen molar-refractivity contribution in [2.75, 3.05) is 0 Å². The van der Waals surface area contributed by atoms with Crippen molar-refractivity contribution in [3.63, 3.8) is 0 Å². The molecule has 5 heteroatoms. The van der Waals surface area contributed by atoms with Crippen LogP contribution in [0, 0.1) is 13.8 Å². The molecule has 19 heavy (non-hydrogen) atoms. The lowest BCUT2D eigenvalue weighted by atomic mass is 10.0. The molecule has 2 nitrogen and oxygen atoms in total. The third-order valence-corrected chi connectivity index (χ3v) is 2.87. The maximum absolute atomic E-state index is 12.4. The summed E-state index contributed by atoms with van der Waals surface area (Å²) in [5, 5.41) is 0. The Balaban J connectivity index is 2.33. The standard InChI is InChI=1S/C14H12F3NO/c1-8-7-12(9(2)18-8)13(19)10-3-5-11(6-4-10)14(15,16)17/h3-7,18H,1-2H3. The first-order valence-corrected chi connectivity index (χ1v) is 5.67. The highest BCUT2D eigenvalue weighted by atomic mass is 19.4. The molecule has 0 aliphatic carbocycles. The molecule has 1 heterocycles. The van der Waals surface area contributed by atoms with Crippen LogP contribution in [0.1, 0.15) is 32.9 Å². The van der Waals surface area contributed by atoms with Gasteiger partial charge in [0.25, 0.3) is 0 Å². The molecule has 0 amide bonds. The van der Waals surface area contributed by atoms with E-state index in [-0.39, 0.29) is 11.3 Å². The number of halogens is 3. The summed E-state index contributed by atoms with van der Waals surface area (Å²) < 4.78 is 37.3. The minimum atomic E-state index is -4.39. The van der Waals surface area contributed by atoms with Gasteiger partial charge < -0.3 is 4.98 Å². The largest absolute Gasteiger partial charge is 0.416 e. The van der Waals surface area contributed by atoms with E-state index in [1.54, 1.807) is 13.0 Å². The van der Waals surface area contributed by atoms with Crippen LogP contribution < -0.4 is 0 Å². The number of ketones is 1. The Kier molecular flexibility index (Phi) is 3.22. The van der Waals surface area contributed by atoms with Gasteiger partial charge in [-0.2, -0.15) is 13.2 Å². The van der Waals surface area contributed by atoms with E-state index >= 15 is 0 Å². The number of H-pyrrole nitrogens is 1. The Bertz CT molecular complexity index is 609. The van der Waals surface area contributed by atoms with Crippen LogP contribution >= 0.6 is 0 Å². The zero-order chi connectivity index (χ0) is 14.2. The van der Waals surface area contributed by atoms with E-state index in [1.165, 1.54) is 12.1 Å². The van der Waals surface area contributed by atoms with Gasteiger partial charge >= 0.3 is 6.18 Å². The number of nitrogens with one attached hydrogen (secondary N) is 1. The molecule has 0 aliphatic rings. The number of carbonyl (C=O) groups excluding carboxylic acids is 1. The number of benzene rings is 1. The average Bonchev–Trinajstić information content (AvgIpc) is 2.66. The summed E-state index contributed by atoms with van der Waals surface area (Å²) >= 11 is 0. The van der Waals surface area contributed by atoms with Gasteiger partial charge in [-0.25, -0.2) is 0 Å². The average molecular weight is 267 g/mol. The molecule has 0 saturated heterocycles. The van der Waals surface area contributed by atoms with Gasteiger partial charge in [0.2, 0.25) is 0 Å². The molecule has 0 bridgehead atoms. The van der Waals surface area contributed by atoms with Gasteiger partial charge in [0, 0.05) is 22.5 Å². The van der Waals surface area contributed by atoms with Crippen molar-refractivity contribution in [1.82, 2.24) is 4.98 Å². The molecular weight excluding hydrogens is 255 g/mol. The topological polar surface area (TPSA) is 32.9 Å². The number of hydrogen-bond donors (Lipinski definition) is 1. The fourth-order valence-electron chi connectivity index (χ4n) is 1.93. The fraction of sp³-hybridized carbons (Fsp3) is 0.214. The molecule has 100 valence electrons. The highest BCUT2D eigenvalue weighted by Gasteiger charge is 2.30. The van der Waals surface area contributed by atoms with Crippen LogP contribution in [0.5, 0.6) is 0 Å². The third-order valence-electron chi connectivity index (χ3n) is 2.87. The first-order valence-electron chi connectivity index (χ1n) is 5.67. The zero-order valence-electron chi connectivity index (χ0n) is 10.4. The van der Waals surface area contributed by atoms with E-state index < -0.39 is 11.7 Å². The van der Waals surface area contributed by atoms with Crippen molar-refractivity contribution in [2.45, 2.75) is 20.0 Å². The molecule has 0 saturated carbocycles. The predicted octanol–water partition coefficient (Wildman–Crippen LogP) is 3.88. The van der Waals surface area contributed by atoms with Crippen LogP contribution in [0.3, 0.4) is 0 Å². The maximum atomic E-state index is 12.4. The Labute approximate surface area is 108 Å². The molecule has 2 rings (SSSR count). The molecule has 1 N–H and O–H groups in total. The second-order valence-electron chi connectivity index (χ2n) is 4.40. The van der Waals surface area contributed by atoms with Crippen molar-refractivity contribution in [1.29, 1.82) is 0 Å². The van der Waals surface area contributed by atoms with Crippen LogP contribution in [-0.4, -0.2) is 10.8 Å². The SMILES string of the molecule is Cc1cc(C(=O)c2ccc(C(F)(F)F)cc2)c(C)[nH]1. The highest BCUT2D eigenvalue weighted by Crippen LogP contribution is 2.29. The summed E-state index contributed by atoms with van der Waals surface area (Å²) in [5.41, 5.74) is 1.52. The summed E-state index contributed by atoms with van der Waals surface area (Å²) in [6.45, 7) is 3.57. The Morgan fingerprint density at radius 2 is 1.68 bits per heavy atom. The molecule has 0 fully saturated rings. The van der Waals surface area contributed by atoms with E-state index in [9.17, 15) is 18.0 Å². The maximum Gasteiger partial charge on any atom is 0.416 e. The third kappa shape index (κ3) is 2.70. The second kappa shape index (κ2) is 4.57. The molecule has 1 aromatic heterocycles. The number of aryl methyl sites for hydroxylation is 2. The van der Waals surface area contributed by atoms with Gasteiger partial charge in [-0.1, -0.05) is 12.1 Å². The molecule has 0 unspecified atom stereocenters. The first-order chi connectivity index (χ1) is 8.79. The summed E-state index contributed by atoms with van der Waals surface area (Å²) in [6.07, 6.45) is -4.39. The van der Waals surface area contributed by atoms with Crippen molar-refractivity contribution in [2.24, 2.45) is 0 Å². The van der Waals surface area contributed by atoms with E-state index in [1.807, 2.05) is 6.92 Å². The monoisotopic (exact) mass is 267 g/mol. The van der Waals surface area contributed by atoms with Gasteiger partial charge in [-0.3, -0.25) is 4.79 Å². The molecule has 0 aliphatic heterocycles. The number of hydrogen-bond acceptors (Lipinski definition) is 1. The van der Waals surface area contributed by atoms with Crippen LogP contribution in [-0.2, 0) is 6.18 Å². The van der Waals surface area contributed by atoms with Crippen molar-refractivity contribution in [3.05, 3.63) is 58.4 Å². The minimum Gasteiger partial charge on any atom is -0.362 e. The Hall–Kier alpha value is -2.04. The number of alkyl halides is 3. The number of rotatable bonds is 2. The lowest BCUT2D eigenvalue weighted by molar-refractivity contribution is -0.137. The molecule has 0 radical (unpaired) electrons. The van der Waals surface area contributed by atoms with Gasteiger partial charge in [-0.05, 0) is 32.0 Å². The lowest BCUT2D eigenvalue weighted by Crippen LogP contribution is -2.06. The molecule has 1 aromatic carbocycles. The fourth-order valence-corrected chi connectivity index (χ4v) is 1.93. The van der Waals surface area contributed by atoms with Crippen molar-refractivity contribution >= 4 is 5.78 Å². The minimum absolute atomic E-state index is 0.245. The summed E-state index contributed by atoms with van der Waals surface area (Å²) in [7, 11) is 0. The Morgan fingerprint density at radius 3 is 2.11 bits per heavy atom. The van der Waals surface area contributed by atoms with E-state index in [2.05, 4.69) is 4.98 Å². The van der Waals surface area contributed by atoms with E-state index in [0.29, 0.717) is 11.3 Å². The molecular formula is C14H12F3NO. The van der Waals surface area contributed by atoms with Gasteiger partial charge in [-0.15, -0.1) is 0 Å². The quantitative estimate of drug-likeness (QED) is 0.823. The van der Waals surface area contributed by atoms with Gasteiger partial charge in [0.1, 0.15) is 0 Å². The van der Waals surface area contributed by atoms with Crippen molar-refractivity contribution < 1.29 is 18.0 Å². The normalized spacial score (nSPS) is 11.6. The van der Waals surface area contributed by atoms with Crippen LogP contribution in [0.2, 0.25) is 0 Å².